The van der Waals surface area contributed by atoms with Crippen molar-refractivity contribution in [2.45, 2.75) is 0 Å². The largest absolute Gasteiger partial charge is 0.320 e. The van der Waals surface area contributed by atoms with Crippen LogP contribution in [0.5, 0.6) is 0 Å². The number of para-hydroxylation sites is 2. The zero-order chi connectivity index (χ0) is 19.4. The van der Waals surface area contributed by atoms with E-state index in [1.807, 2.05) is 0 Å². The van der Waals surface area contributed by atoms with E-state index in [1.54, 1.807) is 66.7 Å². The Hall–Kier alpha value is -2.34. The molecule has 4 nitrogen and oxygen atoms in total. The van der Waals surface area contributed by atoms with Crippen LogP contribution in [0.1, 0.15) is 20.7 Å². The molecule has 0 fully saturated rings. The highest BCUT2D eigenvalue weighted by Crippen LogP contribution is 2.26. The molecule has 0 bridgehead atoms. The van der Waals surface area contributed by atoms with Gasteiger partial charge in [0, 0.05) is 15.1 Å². The molecule has 3 aromatic rings. The number of nitrogens with one attached hydrogen (secondary N) is 2. The van der Waals surface area contributed by atoms with Crippen molar-refractivity contribution < 1.29 is 9.59 Å². The Morgan fingerprint density at radius 2 is 1.37 bits per heavy atom. The zero-order valence-electron chi connectivity index (χ0n) is 13.8. The average Bonchev–Trinajstić information content (AvgIpc) is 2.65. The van der Waals surface area contributed by atoms with Gasteiger partial charge in [-0.15, -0.1) is 0 Å². The molecule has 0 atom stereocenters. The van der Waals surface area contributed by atoms with E-state index in [4.69, 9.17) is 23.2 Å². The van der Waals surface area contributed by atoms with Crippen LogP contribution in [0, 0.1) is 0 Å². The van der Waals surface area contributed by atoms with Gasteiger partial charge < -0.3 is 10.6 Å². The van der Waals surface area contributed by atoms with Gasteiger partial charge in [-0.1, -0.05) is 51.3 Å². The summed E-state index contributed by atoms with van der Waals surface area (Å²) in [5, 5.41) is 6.45. The highest BCUT2D eigenvalue weighted by molar-refractivity contribution is 9.10. The number of hydrogen-bond acceptors (Lipinski definition) is 2. The Morgan fingerprint density at radius 3 is 2.00 bits per heavy atom. The summed E-state index contributed by atoms with van der Waals surface area (Å²) in [6, 6.07) is 18.5. The molecule has 0 aliphatic heterocycles. The van der Waals surface area contributed by atoms with Gasteiger partial charge in [-0.3, -0.25) is 9.59 Å². The van der Waals surface area contributed by atoms with Crippen LogP contribution in [0.2, 0.25) is 10.0 Å². The molecule has 0 aromatic heterocycles. The molecule has 0 unspecified atom stereocenters. The van der Waals surface area contributed by atoms with Crippen LogP contribution in [0.25, 0.3) is 0 Å². The summed E-state index contributed by atoms with van der Waals surface area (Å²) >= 11 is 15.3. The summed E-state index contributed by atoms with van der Waals surface area (Å²) in [5.74, 6) is -0.691. The topological polar surface area (TPSA) is 58.2 Å². The minimum Gasteiger partial charge on any atom is -0.320 e. The third-order valence-electron chi connectivity index (χ3n) is 3.70. The maximum absolute atomic E-state index is 12.6. The first-order chi connectivity index (χ1) is 12.9. The Bertz CT molecular complexity index is 1010. The first kappa shape index (κ1) is 19.4. The van der Waals surface area contributed by atoms with Crippen LogP contribution in [-0.4, -0.2) is 11.8 Å². The van der Waals surface area contributed by atoms with E-state index in [-0.39, 0.29) is 11.8 Å². The normalized spacial score (nSPS) is 10.3. The van der Waals surface area contributed by atoms with Gasteiger partial charge in [0.2, 0.25) is 0 Å². The lowest BCUT2D eigenvalue weighted by atomic mass is 10.2. The van der Waals surface area contributed by atoms with Crippen molar-refractivity contribution in [3.05, 3.63) is 92.4 Å². The van der Waals surface area contributed by atoms with Gasteiger partial charge in [-0.25, -0.2) is 0 Å². The Balaban J connectivity index is 1.81. The maximum Gasteiger partial charge on any atom is 0.257 e. The van der Waals surface area contributed by atoms with E-state index in [0.717, 1.165) is 4.47 Å². The Labute approximate surface area is 174 Å². The fraction of sp³-hybridized carbons (Fsp3) is 0. The molecule has 7 heteroatoms. The Kier molecular flexibility index (Phi) is 6.16. The molecule has 0 saturated carbocycles. The first-order valence-electron chi connectivity index (χ1n) is 7.86. The molecule has 0 heterocycles. The van der Waals surface area contributed by atoms with E-state index in [0.29, 0.717) is 32.5 Å². The maximum atomic E-state index is 12.6. The minimum absolute atomic E-state index is 0.311. The van der Waals surface area contributed by atoms with Gasteiger partial charge in [0.25, 0.3) is 11.8 Å². The molecule has 0 radical (unpaired) electrons. The number of rotatable bonds is 4. The van der Waals surface area contributed by atoms with Gasteiger partial charge in [0.05, 0.1) is 22.0 Å². The smallest absolute Gasteiger partial charge is 0.257 e. The van der Waals surface area contributed by atoms with E-state index in [1.165, 1.54) is 0 Å². The van der Waals surface area contributed by atoms with Crippen LogP contribution in [0.3, 0.4) is 0 Å². The third kappa shape index (κ3) is 4.89. The number of carbonyl (C=O) groups is 2. The van der Waals surface area contributed by atoms with Crippen molar-refractivity contribution in [2.75, 3.05) is 10.6 Å². The average molecular weight is 464 g/mol. The predicted molar refractivity (Wildman–Crippen MR) is 113 cm³/mol. The summed E-state index contributed by atoms with van der Waals surface area (Å²) in [7, 11) is 0. The number of hydrogen-bond donors (Lipinski definition) is 2. The summed E-state index contributed by atoms with van der Waals surface area (Å²) in [5.41, 5.74) is 1.71. The molecule has 0 aliphatic rings. The molecule has 27 heavy (non-hydrogen) atoms. The minimum atomic E-state index is -0.380. The monoisotopic (exact) mass is 462 g/mol. The molecule has 2 amide bonds. The van der Waals surface area contributed by atoms with Gasteiger partial charge in [0.1, 0.15) is 0 Å². The van der Waals surface area contributed by atoms with Crippen molar-refractivity contribution in [1.82, 2.24) is 0 Å². The molecular formula is C20H13BrCl2N2O2. The van der Waals surface area contributed by atoms with Crippen molar-refractivity contribution in [3.8, 4) is 0 Å². The molecule has 0 aliphatic carbocycles. The summed E-state index contributed by atoms with van der Waals surface area (Å²) in [6.07, 6.45) is 0. The molecule has 0 saturated heterocycles. The van der Waals surface area contributed by atoms with Gasteiger partial charge in [0.15, 0.2) is 0 Å². The Morgan fingerprint density at radius 1 is 0.778 bits per heavy atom. The lowest BCUT2D eigenvalue weighted by Gasteiger charge is -2.13. The van der Waals surface area contributed by atoms with Gasteiger partial charge in [-0.2, -0.15) is 0 Å². The second kappa shape index (κ2) is 8.57. The van der Waals surface area contributed by atoms with Gasteiger partial charge >= 0.3 is 0 Å². The van der Waals surface area contributed by atoms with Crippen molar-refractivity contribution in [1.29, 1.82) is 0 Å². The molecule has 3 aromatic carbocycles. The molecule has 3 rings (SSSR count). The lowest BCUT2D eigenvalue weighted by molar-refractivity contribution is 0.101. The van der Waals surface area contributed by atoms with Crippen LogP contribution >= 0.6 is 39.1 Å². The highest BCUT2D eigenvalue weighted by atomic mass is 79.9. The SMILES string of the molecule is O=C(Nc1ccccc1NC(=O)c1cc(Br)ccc1Cl)c1ccc(Cl)cc1. The molecule has 2 N–H and O–H groups in total. The number of halogens is 3. The van der Waals surface area contributed by atoms with E-state index < -0.39 is 0 Å². The van der Waals surface area contributed by atoms with Crippen molar-refractivity contribution in [3.63, 3.8) is 0 Å². The quantitative estimate of drug-likeness (QED) is 0.479. The second-order valence-corrected chi connectivity index (χ2v) is 7.34. The predicted octanol–water partition coefficient (Wildman–Crippen LogP) is 6.26. The summed E-state index contributed by atoms with van der Waals surface area (Å²) < 4.78 is 0.737. The number of anilines is 2. The van der Waals surface area contributed by atoms with Crippen molar-refractivity contribution in [2.24, 2.45) is 0 Å². The highest BCUT2D eigenvalue weighted by Gasteiger charge is 2.14. The van der Waals surface area contributed by atoms with Crippen LogP contribution < -0.4 is 10.6 Å². The second-order valence-electron chi connectivity index (χ2n) is 5.58. The molecular weight excluding hydrogens is 451 g/mol. The molecule has 0 spiro atoms. The fourth-order valence-electron chi connectivity index (χ4n) is 2.36. The van der Waals surface area contributed by atoms with E-state index >= 15 is 0 Å². The van der Waals surface area contributed by atoms with Crippen LogP contribution in [-0.2, 0) is 0 Å². The van der Waals surface area contributed by atoms with E-state index in [2.05, 4.69) is 26.6 Å². The van der Waals surface area contributed by atoms with Crippen molar-refractivity contribution >= 4 is 62.3 Å². The standard InChI is InChI=1S/C20H13BrCl2N2O2/c21-13-7-10-16(23)15(11-13)20(27)25-18-4-2-1-3-17(18)24-19(26)12-5-8-14(22)9-6-12/h1-11H,(H,24,26)(H,25,27). The summed E-state index contributed by atoms with van der Waals surface area (Å²) in [4.78, 5) is 25.0. The summed E-state index contributed by atoms with van der Waals surface area (Å²) in [6.45, 7) is 0. The first-order valence-corrected chi connectivity index (χ1v) is 9.41. The van der Waals surface area contributed by atoms with E-state index in [9.17, 15) is 9.59 Å². The fourth-order valence-corrected chi connectivity index (χ4v) is 3.05. The molecule has 136 valence electrons. The number of carbonyl (C=O) groups excluding carboxylic acids is 2. The lowest BCUT2D eigenvalue weighted by Crippen LogP contribution is -2.17. The zero-order valence-corrected chi connectivity index (χ0v) is 16.9. The van der Waals surface area contributed by atoms with Crippen LogP contribution in [0.4, 0.5) is 11.4 Å². The number of benzene rings is 3. The van der Waals surface area contributed by atoms with Gasteiger partial charge in [-0.05, 0) is 54.6 Å². The third-order valence-corrected chi connectivity index (χ3v) is 4.78. The van der Waals surface area contributed by atoms with Crippen LogP contribution in [0.15, 0.2) is 71.2 Å². The number of amides is 2.